The predicted octanol–water partition coefficient (Wildman–Crippen LogP) is 1.19. The zero-order chi connectivity index (χ0) is 7.78. The van der Waals surface area contributed by atoms with Gasteiger partial charge in [0.05, 0.1) is 5.41 Å². The van der Waals surface area contributed by atoms with Gasteiger partial charge in [0.15, 0.2) is 0 Å². The van der Waals surface area contributed by atoms with E-state index < -0.39 is 10.6 Å². The fourth-order valence-electron chi connectivity index (χ4n) is 0.540. The molecule has 0 atom stereocenters. The van der Waals surface area contributed by atoms with Crippen molar-refractivity contribution >= 4 is 10.6 Å². The molecule has 0 aromatic rings. The van der Waals surface area contributed by atoms with E-state index in [9.17, 15) is 0 Å². The van der Waals surface area contributed by atoms with E-state index in [2.05, 4.69) is 0 Å². The molecule has 10 heavy (non-hydrogen) atoms. The number of hydrogen-bond donors (Lipinski definition) is 4. The van der Waals surface area contributed by atoms with Crippen LogP contribution in [0, 0.1) is 0 Å². The smallest absolute Gasteiger partial charge is 0.111 e. The Morgan fingerprint density at radius 2 is 1.90 bits per heavy atom. The van der Waals surface area contributed by atoms with Crippen LogP contribution in [0.5, 0.6) is 0 Å². The van der Waals surface area contributed by atoms with Crippen LogP contribution in [-0.4, -0.2) is 24.7 Å². The molecule has 5 nitrogen and oxygen atoms in total. The molecule has 58 valence electrons. The Morgan fingerprint density at radius 3 is 2.10 bits per heavy atom. The minimum Gasteiger partial charge on any atom is -0.291 e. The topological polar surface area (TPSA) is 84.2 Å². The van der Waals surface area contributed by atoms with Gasteiger partial charge in [-0.05, 0) is 6.08 Å². The van der Waals surface area contributed by atoms with Crippen LogP contribution in [-0.2, 0) is 0 Å². The SMILES string of the molecule is ON(O)C1=CS(O)(O)C=C1. The Bertz CT molecular complexity index is 197. The Morgan fingerprint density at radius 1 is 1.30 bits per heavy atom. The first kappa shape index (κ1) is 7.58. The number of hydrogen-bond acceptors (Lipinski definition) is 5. The highest BCUT2D eigenvalue weighted by atomic mass is 32.3. The van der Waals surface area contributed by atoms with E-state index in [-0.39, 0.29) is 10.9 Å². The standard InChI is InChI=1S/C4H7NO4S/c6-5(7)4-1-2-10(8,9)3-4/h1-3,6-9H. The molecule has 1 rings (SSSR count). The summed E-state index contributed by atoms with van der Waals surface area (Å²) in [6, 6.07) is 0. The minimum atomic E-state index is -2.84. The zero-order valence-corrected chi connectivity index (χ0v) is 5.69. The summed E-state index contributed by atoms with van der Waals surface area (Å²) in [5, 5.41) is 18.6. The lowest BCUT2D eigenvalue weighted by Gasteiger charge is -2.19. The van der Waals surface area contributed by atoms with Crippen molar-refractivity contribution in [2.45, 2.75) is 0 Å². The summed E-state index contributed by atoms with van der Waals surface area (Å²) in [5.74, 6) is 0. The highest BCUT2D eigenvalue weighted by Gasteiger charge is 2.15. The van der Waals surface area contributed by atoms with E-state index >= 15 is 0 Å². The summed E-state index contributed by atoms with van der Waals surface area (Å²) >= 11 is 0. The van der Waals surface area contributed by atoms with Gasteiger partial charge in [-0.1, -0.05) is 0 Å². The number of hydroxylamine groups is 2. The largest absolute Gasteiger partial charge is 0.291 e. The molecule has 0 aromatic heterocycles. The highest BCUT2D eigenvalue weighted by molar-refractivity contribution is 8.29. The third kappa shape index (κ3) is 1.49. The van der Waals surface area contributed by atoms with Gasteiger partial charge in [0.25, 0.3) is 0 Å². The second-order valence-electron chi connectivity index (χ2n) is 1.77. The van der Waals surface area contributed by atoms with Gasteiger partial charge in [0.1, 0.15) is 5.70 Å². The average Bonchev–Trinajstić information content (AvgIpc) is 2.10. The lowest BCUT2D eigenvalue weighted by molar-refractivity contribution is -0.275. The van der Waals surface area contributed by atoms with Gasteiger partial charge in [-0.2, -0.15) is 10.6 Å². The van der Waals surface area contributed by atoms with Crippen molar-refractivity contribution in [3.8, 4) is 0 Å². The van der Waals surface area contributed by atoms with Crippen LogP contribution in [0.4, 0.5) is 0 Å². The summed E-state index contributed by atoms with van der Waals surface area (Å²) < 4.78 is 17.7. The van der Waals surface area contributed by atoms with Crippen LogP contribution in [0.2, 0.25) is 0 Å². The lowest BCUT2D eigenvalue weighted by atomic mass is 10.5. The van der Waals surface area contributed by atoms with Crippen LogP contribution in [0.15, 0.2) is 22.6 Å². The average molecular weight is 165 g/mol. The van der Waals surface area contributed by atoms with Gasteiger partial charge in [-0.3, -0.25) is 19.5 Å². The Kier molecular flexibility index (Phi) is 1.71. The Hall–Kier alpha value is -0.530. The van der Waals surface area contributed by atoms with Crippen molar-refractivity contribution < 1.29 is 19.5 Å². The fraction of sp³-hybridized carbons (Fsp3) is 0. The Balaban J connectivity index is 2.78. The van der Waals surface area contributed by atoms with E-state index in [0.717, 1.165) is 10.8 Å². The zero-order valence-electron chi connectivity index (χ0n) is 4.88. The molecule has 1 aliphatic rings. The van der Waals surface area contributed by atoms with E-state index in [0.29, 0.717) is 0 Å². The summed E-state index contributed by atoms with van der Waals surface area (Å²) in [6.07, 6.45) is 1.20. The van der Waals surface area contributed by atoms with Gasteiger partial charge in [-0.25, -0.2) is 0 Å². The number of nitrogens with zero attached hydrogens (tertiary/aromatic N) is 1. The number of rotatable bonds is 1. The second kappa shape index (κ2) is 2.26. The van der Waals surface area contributed by atoms with E-state index in [1.807, 2.05) is 0 Å². The van der Waals surface area contributed by atoms with Crippen molar-refractivity contribution in [1.29, 1.82) is 0 Å². The maximum atomic E-state index is 8.84. The number of allylic oxidation sites excluding steroid dienone is 1. The summed E-state index contributed by atoms with van der Waals surface area (Å²) in [7, 11) is -2.84. The van der Waals surface area contributed by atoms with Gasteiger partial charge in [0, 0.05) is 5.41 Å². The molecule has 0 fully saturated rings. The van der Waals surface area contributed by atoms with Crippen LogP contribution in [0.25, 0.3) is 0 Å². The third-order valence-electron chi connectivity index (χ3n) is 0.964. The molecule has 0 aromatic carbocycles. The lowest BCUT2D eigenvalue weighted by Crippen LogP contribution is -2.09. The minimum absolute atomic E-state index is 0.0417. The van der Waals surface area contributed by atoms with E-state index in [4.69, 9.17) is 19.5 Å². The second-order valence-corrected chi connectivity index (χ2v) is 3.56. The van der Waals surface area contributed by atoms with E-state index in [1.54, 1.807) is 0 Å². The maximum absolute atomic E-state index is 8.84. The summed E-state index contributed by atoms with van der Waals surface area (Å²) in [5.41, 5.74) is -0.0417. The van der Waals surface area contributed by atoms with Crippen LogP contribution in [0.3, 0.4) is 0 Å². The molecule has 0 saturated heterocycles. The van der Waals surface area contributed by atoms with Gasteiger partial charge in [-0.15, -0.1) is 5.23 Å². The molecular formula is C4H7NO4S. The van der Waals surface area contributed by atoms with Gasteiger partial charge in [0.2, 0.25) is 0 Å². The molecule has 0 radical (unpaired) electrons. The third-order valence-corrected chi connectivity index (χ3v) is 2.09. The Labute approximate surface area is 58.8 Å². The van der Waals surface area contributed by atoms with Crippen LogP contribution in [0.1, 0.15) is 0 Å². The van der Waals surface area contributed by atoms with Crippen molar-refractivity contribution in [3.05, 3.63) is 22.6 Å². The highest BCUT2D eigenvalue weighted by Crippen LogP contribution is 2.47. The van der Waals surface area contributed by atoms with Crippen LogP contribution < -0.4 is 0 Å². The van der Waals surface area contributed by atoms with Crippen molar-refractivity contribution in [1.82, 2.24) is 5.23 Å². The first-order valence-corrected chi connectivity index (χ1v) is 4.04. The van der Waals surface area contributed by atoms with E-state index in [1.165, 1.54) is 6.08 Å². The quantitative estimate of drug-likeness (QED) is 0.438. The summed E-state index contributed by atoms with van der Waals surface area (Å²) in [4.78, 5) is 0. The first-order valence-electron chi connectivity index (χ1n) is 2.37. The molecule has 0 unspecified atom stereocenters. The molecule has 0 amide bonds. The monoisotopic (exact) mass is 165 g/mol. The molecule has 0 saturated carbocycles. The normalized spacial score (nSPS) is 24.2. The predicted molar refractivity (Wildman–Crippen MR) is 35.5 cm³/mol. The van der Waals surface area contributed by atoms with Crippen molar-refractivity contribution in [2.75, 3.05) is 0 Å². The van der Waals surface area contributed by atoms with Gasteiger partial charge >= 0.3 is 0 Å². The fourth-order valence-corrected chi connectivity index (χ4v) is 1.49. The first-order chi connectivity index (χ1) is 4.51. The van der Waals surface area contributed by atoms with Gasteiger partial charge < -0.3 is 0 Å². The maximum Gasteiger partial charge on any atom is 0.111 e. The molecule has 4 N–H and O–H groups in total. The summed E-state index contributed by atoms with van der Waals surface area (Å²) in [6.45, 7) is 0. The molecule has 0 bridgehead atoms. The van der Waals surface area contributed by atoms with Crippen molar-refractivity contribution in [2.24, 2.45) is 0 Å². The molecular weight excluding hydrogens is 158 g/mol. The molecule has 0 aliphatic carbocycles. The molecule has 6 heteroatoms. The van der Waals surface area contributed by atoms with Crippen LogP contribution >= 0.6 is 10.6 Å². The van der Waals surface area contributed by atoms with Crippen molar-refractivity contribution in [3.63, 3.8) is 0 Å². The molecule has 1 heterocycles. The molecule has 1 aliphatic heterocycles. The molecule has 0 spiro atoms.